The quantitative estimate of drug-likeness (QED) is 0.832. The lowest BCUT2D eigenvalue weighted by Crippen LogP contribution is -2.36. The Balaban J connectivity index is 1.68. The molecule has 1 saturated heterocycles. The minimum Gasteiger partial charge on any atom is -0.367 e. The average Bonchev–Trinajstić information content (AvgIpc) is 2.56. The first kappa shape index (κ1) is 18.5. The van der Waals surface area contributed by atoms with Crippen LogP contribution in [0, 0.1) is 11.6 Å². The molecule has 2 aromatic rings. The topological polar surface area (TPSA) is 74.3 Å². The van der Waals surface area contributed by atoms with E-state index >= 15 is 0 Å². The second-order valence-electron chi connectivity index (χ2n) is 6.36. The van der Waals surface area contributed by atoms with Crippen molar-refractivity contribution >= 4 is 21.5 Å². The number of hydrogen-bond donors (Lipinski definition) is 2. The molecule has 9 heteroatoms. The van der Waals surface area contributed by atoms with Crippen LogP contribution in [-0.2, 0) is 10.0 Å². The van der Waals surface area contributed by atoms with Crippen LogP contribution in [0.4, 0.5) is 20.3 Å². The van der Waals surface area contributed by atoms with Crippen LogP contribution in [0.15, 0.2) is 41.4 Å². The van der Waals surface area contributed by atoms with Crippen molar-refractivity contribution < 1.29 is 17.2 Å². The molecule has 2 heterocycles. The number of nitrogens with zero attached hydrogens (tertiary/aromatic N) is 2. The molecule has 0 atom stereocenters. The molecule has 140 valence electrons. The average molecular weight is 382 g/mol. The maximum Gasteiger partial charge on any atom is 0.263 e. The van der Waals surface area contributed by atoms with Gasteiger partial charge in [-0.3, -0.25) is 4.72 Å². The van der Waals surface area contributed by atoms with Crippen LogP contribution < -0.4 is 10.0 Å². The first-order valence-electron chi connectivity index (χ1n) is 8.22. The van der Waals surface area contributed by atoms with Crippen LogP contribution in [-0.4, -0.2) is 44.5 Å². The van der Waals surface area contributed by atoms with E-state index in [1.165, 1.54) is 12.3 Å². The number of halogens is 2. The van der Waals surface area contributed by atoms with Crippen molar-refractivity contribution in [1.29, 1.82) is 0 Å². The zero-order valence-corrected chi connectivity index (χ0v) is 15.1. The summed E-state index contributed by atoms with van der Waals surface area (Å²) in [6.45, 7) is 2.00. The van der Waals surface area contributed by atoms with E-state index in [0.717, 1.165) is 38.1 Å². The van der Waals surface area contributed by atoms with Crippen LogP contribution in [0.1, 0.15) is 12.8 Å². The van der Waals surface area contributed by atoms with Crippen LogP contribution in [0.25, 0.3) is 0 Å². The zero-order chi connectivity index (χ0) is 18.7. The van der Waals surface area contributed by atoms with Gasteiger partial charge in [-0.1, -0.05) is 0 Å². The standard InChI is InChI=1S/C17H20F2N4O2S/c1-23-6-4-14(5-7-23)21-17-3-2-16(11-20-17)26(24,25)22-15-9-12(18)8-13(19)10-15/h2-3,8-11,14,22H,4-7H2,1H3,(H,20,21). The molecule has 1 aliphatic rings. The highest BCUT2D eigenvalue weighted by atomic mass is 32.2. The number of likely N-dealkylation sites (tertiary alicyclic amines) is 1. The molecule has 0 aliphatic carbocycles. The molecule has 0 bridgehead atoms. The molecule has 0 spiro atoms. The van der Waals surface area contributed by atoms with Gasteiger partial charge in [0, 0.05) is 18.3 Å². The summed E-state index contributed by atoms with van der Waals surface area (Å²) in [5, 5.41) is 3.29. The third-order valence-corrected chi connectivity index (χ3v) is 5.60. The Morgan fingerprint density at radius 3 is 2.35 bits per heavy atom. The highest BCUT2D eigenvalue weighted by molar-refractivity contribution is 7.92. The fraction of sp³-hybridized carbons (Fsp3) is 0.353. The molecule has 2 N–H and O–H groups in total. The van der Waals surface area contributed by atoms with Crippen LogP contribution >= 0.6 is 0 Å². The van der Waals surface area contributed by atoms with Gasteiger partial charge in [-0.05, 0) is 57.2 Å². The predicted octanol–water partition coefficient (Wildman–Crippen LogP) is 2.67. The maximum atomic E-state index is 13.2. The minimum atomic E-state index is -3.98. The molecule has 26 heavy (non-hydrogen) atoms. The lowest BCUT2D eigenvalue weighted by Gasteiger charge is -2.29. The van der Waals surface area contributed by atoms with E-state index in [2.05, 4.69) is 27.0 Å². The molecule has 0 unspecified atom stereocenters. The van der Waals surface area contributed by atoms with Gasteiger partial charge in [0.05, 0.1) is 5.69 Å². The molecule has 1 aliphatic heterocycles. The van der Waals surface area contributed by atoms with Gasteiger partial charge in [-0.25, -0.2) is 22.2 Å². The summed E-state index contributed by atoms with van der Waals surface area (Å²) in [4.78, 5) is 6.31. The number of sulfonamides is 1. The SMILES string of the molecule is CN1CCC(Nc2ccc(S(=O)(=O)Nc3cc(F)cc(F)c3)cn2)CC1. The summed E-state index contributed by atoms with van der Waals surface area (Å²) >= 11 is 0. The first-order chi connectivity index (χ1) is 12.3. The molecule has 1 aromatic carbocycles. The van der Waals surface area contributed by atoms with Crippen molar-refractivity contribution in [2.24, 2.45) is 0 Å². The van der Waals surface area contributed by atoms with E-state index in [-0.39, 0.29) is 10.6 Å². The number of rotatable bonds is 5. The van der Waals surface area contributed by atoms with Gasteiger partial charge in [0.15, 0.2) is 0 Å². The molecule has 0 saturated carbocycles. The summed E-state index contributed by atoms with van der Waals surface area (Å²) < 4.78 is 53.2. The van der Waals surface area contributed by atoms with E-state index in [0.29, 0.717) is 17.9 Å². The van der Waals surface area contributed by atoms with Gasteiger partial charge in [-0.2, -0.15) is 0 Å². The second-order valence-corrected chi connectivity index (χ2v) is 8.05. The number of aromatic nitrogens is 1. The Kier molecular flexibility index (Phi) is 5.38. The third kappa shape index (κ3) is 4.67. The number of hydrogen-bond acceptors (Lipinski definition) is 5. The largest absolute Gasteiger partial charge is 0.367 e. The van der Waals surface area contributed by atoms with Gasteiger partial charge in [0.25, 0.3) is 10.0 Å². The summed E-state index contributed by atoms with van der Waals surface area (Å²) in [5.74, 6) is -1.13. The Morgan fingerprint density at radius 2 is 1.77 bits per heavy atom. The van der Waals surface area contributed by atoms with Crippen LogP contribution in [0.3, 0.4) is 0 Å². The molecule has 1 fully saturated rings. The van der Waals surface area contributed by atoms with Crippen molar-refractivity contribution in [2.45, 2.75) is 23.8 Å². The van der Waals surface area contributed by atoms with Crippen molar-refractivity contribution in [3.63, 3.8) is 0 Å². The van der Waals surface area contributed by atoms with Crippen LogP contribution in [0.2, 0.25) is 0 Å². The van der Waals surface area contributed by atoms with E-state index < -0.39 is 21.7 Å². The van der Waals surface area contributed by atoms with Gasteiger partial charge in [0.2, 0.25) is 0 Å². The molecule has 0 radical (unpaired) electrons. The van der Waals surface area contributed by atoms with Crippen molar-refractivity contribution in [3.05, 3.63) is 48.2 Å². The number of nitrogens with one attached hydrogen (secondary N) is 2. The number of benzene rings is 1. The normalized spacial score (nSPS) is 16.4. The number of piperidine rings is 1. The fourth-order valence-electron chi connectivity index (χ4n) is 2.81. The van der Waals surface area contributed by atoms with E-state index in [1.54, 1.807) is 6.07 Å². The van der Waals surface area contributed by atoms with Gasteiger partial charge in [0.1, 0.15) is 22.3 Å². The van der Waals surface area contributed by atoms with Gasteiger partial charge in [-0.15, -0.1) is 0 Å². The molecular weight excluding hydrogens is 362 g/mol. The molecule has 0 amide bonds. The van der Waals surface area contributed by atoms with Crippen molar-refractivity contribution in [1.82, 2.24) is 9.88 Å². The Morgan fingerprint density at radius 1 is 1.12 bits per heavy atom. The first-order valence-corrected chi connectivity index (χ1v) is 9.70. The summed E-state index contributed by atoms with van der Waals surface area (Å²) in [6.07, 6.45) is 3.20. The third-order valence-electron chi connectivity index (χ3n) is 4.23. The predicted molar refractivity (Wildman–Crippen MR) is 95.5 cm³/mol. The van der Waals surface area contributed by atoms with Crippen molar-refractivity contribution in [3.8, 4) is 0 Å². The Bertz CT molecular complexity index is 847. The monoisotopic (exact) mass is 382 g/mol. The highest BCUT2D eigenvalue weighted by Crippen LogP contribution is 2.20. The smallest absolute Gasteiger partial charge is 0.263 e. The molecule has 6 nitrogen and oxygen atoms in total. The summed E-state index contributed by atoms with van der Waals surface area (Å²) in [5.41, 5.74) is -0.184. The summed E-state index contributed by atoms with van der Waals surface area (Å²) in [7, 11) is -1.91. The lowest BCUT2D eigenvalue weighted by molar-refractivity contribution is 0.263. The second kappa shape index (κ2) is 7.55. The highest BCUT2D eigenvalue weighted by Gasteiger charge is 2.18. The maximum absolute atomic E-state index is 13.2. The Labute approximate surface area is 151 Å². The fourth-order valence-corrected chi connectivity index (χ4v) is 3.80. The number of anilines is 2. The van der Waals surface area contributed by atoms with Gasteiger partial charge >= 0.3 is 0 Å². The minimum absolute atomic E-state index is 0.0869. The number of pyridine rings is 1. The van der Waals surface area contributed by atoms with E-state index in [9.17, 15) is 17.2 Å². The molecular formula is C17H20F2N4O2S. The van der Waals surface area contributed by atoms with Crippen molar-refractivity contribution in [2.75, 3.05) is 30.2 Å². The van der Waals surface area contributed by atoms with Crippen LogP contribution in [0.5, 0.6) is 0 Å². The van der Waals surface area contributed by atoms with E-state index in [4.69, 9.17) is 0 Å². The Hall–Kier alpha value is -2.26. The van der Waals surface area contributed by atoms with E-state index in [1.807, 2.05) is 0 Å². The molecule has 3 rings (SSSR count). The zero-order valence-electron chi connectivity index (χ0n) is 14.2. The molecule has 1 aromatic heterocycles. The lowest BCUT2D eigenvalue weighted by atomic mass is 10.1. The summed E-state index contributed by atoms with van der Waals surface area (Å²) in [6, 6.07) is 5.77. The van der Waals surface area contributed by atoms with Gasteiger partial charge < -0.3 is 10.2 Å².